The Hall–Kier alpha value is -3.13. The summed E-state index contributed by atoms with van der Waals surface area (Å²) in [7, 11) is 1.71. The van der Waals surface area contributed by atoms with E-state index >= 15 is 0 Å². The minimum absolute atomic E-state index is 0.0232. The highest BCUT2D eigenvalue weighted by Crippen LogP contribution is 2.47. The SMILES string of the molecule is COCCN1c2cccnc2-n2cccc2[C@]12CCN(C(=O)c1c(C)noc1C)C2. The molecule has 5 rings (SSSR count). The number of carbonyl (C=O) groups excluding carboxylic acids is 1. The zero-order chi connectivity index (χ0) is 20.9. The van der Waals surface area contributed by atoms with Gasteiger partial charge in [-0.2, -0.15) is 0 Å². The van der Waals surface area contributed by atoms with Gasteiger partial charge in [-0.25, -0.2) is 4.98 Å². The standard InChI is InChI=1S/C22H25N5O3/c1-15-19(16(2)30-24-15)21(28)25-11-8-22(14-25)18-7-5-10-26(18)20-17(6-4-9-23-20)27(22)12-13-29-3/h4-7,9-10H,8,11-14H2,1-3H3/t22-/m1/s1. The van der Waals surface area contributed by atoms with Gasteiger partial charge in [-0.1, -0.05) is 5.16 Å². The monoisotopic (exact) mass is 407 g/mol. The smallest absolute Gasteiger partial charge is 0.259 e. The van der Waals surface area contributed by atoms with Crippen molar-refractivity contribution in [3.63, 3.8) is 0 Å². The number of carbonyl (C=O) groups is 1. The van der Waals surface area contributed by atoms with E-state index in [1.807, 2.05) is 30.2 Å². The molecule has 2 aliphatic rings. The molecule has 0 saturated carbocycles. The van der Waals surface area contributed by atoms with Crippen LogP contribution in [0.2, 0.25) is 0 Å². The highest BCUT2D eigenvalue weighted by atomic mass is 16.5. The van der Waals surface area contributed by atoms with Crippen LogP contribution in [0.3, 0.4) is 0 Å². The molecule has 1 spiro atoms. The fourth-order valence-electron chi connectivity index (χ4n) is 4.96. The van der Waals surface area contributed by atoms with Crippen LogP contribution in [0.25, 0.3) is 5.82 Å². The summed E-state index contributed by atoms with van der Waals surface area (Å²) >= 11 is 0. The summed E-state index contributed by atoms with van der Waals surface area (Å²) in [5.41, 5.74) is 3.08. The number of nitrogens with zero attached hydrogens (tertiary/aromatic N) is 5. The highest BCUT2D eigenvalue weighted by molar-refractivity contribution is 5.96. The first-order valence-electron chi connectivity index (χ1n) is 10.2. The normalized spacial score (nSPS) is 20.0. The first-order chi connectivity index (χ1) is 14.6. The van der Waals surface area contributed by atoms with Crippen molar-refractivity contribution in [2.45, 2.75) is 25.8 Å². The second kappa shape index (κ2) is 6.98. The van der Waals surface area contributed by atoms with Gasteiger partial charge in [-0.15, -0.1) is 0 Å². The van der Waals surface area contributed by atoms with E-state index in [0.717, 1.165) is 23.6 Å². The van der Waals surface area contributed by atoms with Crippen molar-refractivity contribution >= 4 is 11.6 Å². The van der Waals surface area contributed by atoms with Crippen LogP contribution in [0.5, 0.6) is 0 Å². The molecule has 0 N–H and O–H groups in total. The van der Waals surface area contributed by atoms with Gasteiger partial charge in [0, 0.05) is 39.1 Å². The largest absolute Gasteiger partial charge is 0.383 e. The van der Waals surface area contributed by atoms with Crippen LogP contribution in [0.15, 0.2) is 41.2 Å². The maximum absolute atomic E-state index is 13.4. The number of likely N-dealkylation sites (tertiary alicyclic amines) is 1. The number of aromatic nitrogens is 3. The van der Waals surface area contributed by atoms with Crippen molar-refractivity contribution in [2.75, 3.05) is 38.3 Å². The van der Waals surface area contributed by atoms with Gasteiger partial charge in [-0.05, 0) is 44.5 Å². The third-order valence-corrected chi connectivity index (χ3v) is 6.33. The molecule has 0 bridgehead atoms. The summed E-state index contributed by atoms with van der Waals surface area (Å²) in [6.45, 7) is 6.15. The molecule has 8 nitrogen and oxygen atoms in total. The molecule has 30 heavy (non-hydrogen) atoms. The van der Waals surface area contributed by atoms with Crippen molar-refractivity contribution in [3.8, 4) is 5.82 Å². The van der Waals surface area contributed by atoms with E-state index in [-0.39, 0.29) is 11.4 Å². The number of methoxy groups -OCH3 is 1. The molecule has 0 aliphatic carbocycles. The molecule has 8 heteroatoms. The number of pyridine rings is 1. The van der Waals surface area contributed by atoms with Crippen LogP contribution in [0, 0.1) is 13.8 Å². The summed E-state index contributed by atoms with van der Waals surface area (Å²) < 4.78 is 12.8. The Morgan fingerprint density at radius 2 is 2.17 bits per heavy atom. The van der Waals surface area contributed by atoms with Gasteiger partial charge in [0.05, 0.1) is 23.7 Å². The summed E-state index contributed by atoms with van der Waals surface area (Å²) in [6.07, 6.45) is 4.69. The average molecular weight is 407 g/mol. The molecular formula is C22H25N5O3. The lowest BCUT2D eigenvalue weighted by molar-refractivity contribution is 0.0779. The summed E-state index contributed by atoms with van der Waals surface area (Å²) in [5, 5.41) is 3.96. The maximum Gasteiger partial charge on any atom is 0.259 e. The van der Waals surface area contributed by atoms with Crippen molar-refractivity contribution in [2.24, 2.45) is 0 Å². The van der Waals surface area contributed by atoms with E-state index in [2.05, 4.69) is 37.9 Å². The van der Waals surface area contributed by atoms with Gasteiger partial charge < -0.3 is 23.6 Å². The molecule has 1 atom stereocenters. The molecule has 2 aliphatic heterocycles. The van der Waals surface area contributed by atoms with E-state index in [9.17, 15) is 4.79 Å². The Kier molecular flexibility index (Phi) is 4.39. The fourth-order valence-corrected chi connectivity index (χ4v) is 4.96. The van der Waals surface area contributed by atoms with E-state index in [4.69, 9.17) is 9.26 Å². The molecule has 1 fully saturated rings. The molecule has 5 heterocycles. The molecular weight excluding hydrogens is 382 g/mol. The van der Waals surface area contributed by atoms with E-state index in [0.29, 0.717) is 43.3 Å². The second-order valence-corrected chi connectivity index (χ2v) is 7.96. The highest BCUT2D eigenvalue weighted by Gasteiger charge is 2.51. The minimum atomic E-state index is -0.341. The van der Waals surface area contributed by atoms with Gasteiger partial charge >= 0.3 is 0 Å². The Morgan fingerprint density at radius 1 is 1.30 bits per heavy atom. The molecule has 0 aromatic carbocycles. The van der Waals surface area contributed by atoms with Crippen LogP contribution < -0.4 is 4.90 Å². The van der Waals surface area contributed by atoms with E-state index in [1.54, 1.807) is 14.0 Å². The molecule has 1 saturated heterocycles. The van der Waals surface area contributed by atoms with Crippen molar-refractivity contribution in [3.05, 3.63) is 59.4 Å². The van der Waals surface area contributed by atoms with Crippen LogP contribution >= 0.6 is 0 Å². The first-order valence-corrected chi connectivity index (χ1v) is 10.2. The number of hydrogen-bond acceptors (Lipinski definition) is 6. The number of fused-ring (bicyclic) bond motifs is 4. The van der Waals surface area contributed by atoms with Gasteiger partial charge in [0.15, 0.2) is 5.82 Å². The summed E-state index contributed by atoms with van der Waals surface area (Å²) in [5.74, 6) is 1.45. The van der Waals surface area contributed by atoms with Crippen LogP contribution in [-0.4, -0.2) is 58.9 Å². The topological polar surface area (TPSA) is 76.6 Å². The molecule has 3 aromatic heterocycles. The molecule has 1 amide bonds. The van der Waals surface area contributed by atoms with Gasteiger partial charge in [0.25, 0.3) is 5.91 Å². The van der Waals surface area contributed by atoms with Crippen LogP contribution in [0.4, 0.5) is 5.69 Å². The molecule has 0 unspecified atom stereocenters. The number of ether oxygens (including phenoxy) is 1. The third kappa shape index (κ3) is 2.60. The molecule has 156 valence electrons. The zero-order valence-corrected chi connectivity index (χ0v) is 17.5. The lowest BCUT2D eigenvalue weighted by atomic mass is 9.89. The van der Waals surface area contributed by atoms with E-state index in [1.165, 1.54) is 0 Å². The minimum Gasteiger partial charge on any atom is -0.383 e. The fraction of sp³-hybridized carbons (Fsp3) is 0.409. The van der Waals surface area contributed by atoms with Gasteiger partial charge in [0.2, 0.25) is 0 Å². The first kappa shape index (κ1) is 18.9. The number of hydrogen-bond donors (Lipinski definition) is 0. The number of anilines is 1. The quantitative estimate of drug-likeness (QED) is 0.662. The number of rotatable bonds is 4. The summed E-state index contributed by atoms with van der Waals surface area (Å²) in [6, 6.07) is 8.25. The predicted molar refractivity (Wildman–Crippen MR) is 111 cm³/mol. The summed E-state index contributed by atoms with van der Waals surface area (Å²) in [4.78, 5) is 22.3. The lowest BCUT2D eigenvalue weighted by Gasteiger charge is -2.47. The third-order valence-electron chi connectivity index (χ3n) is 6.33. The number of aryl methyl sites for hydroxylation is 2. The van der Waals surface area contributed by atoms with Gasteiger partial charge in [-0.3, -0.25) is 4.79 Å². The molecule has 0 radical (unpaired) electrons. The number of amides is 1. The van der Waals surface area contributed by atoms with Crippen molar-refractivity contribution in [1.29, 1.82) is 0 Å². The Balaban J connectivity index is 1.58. The predicted octanol–water partition coefficient (Wildman–Crippen LogP) is 2.68. The second-order valence-electron chi connectivity index (χ2n) is 7.96. The zero-order valence-electron chi connectivity index (χ0n) is 17.5. The van der Waals surface area contributed by atoms with Gasteiger partial charge in [0.1, 0.15) is 16.9 Å². The van der Waals surface area contributed by atoms with Crippen LogP contribution in [-0.2, 0) is 10.3 Å². The van der Waals surface area contributed by atoms with Crippen molar-refractivity contribution < 1.29 is 14.1 Å². The van der Waals surface area contributed by atoms with Crippen molar-refractivity contribution in [1.82, 2.24) is 19.6 Å². The Labute approximate surface area is 175 Å². The maximum atomic E-state index is 13.4. The molecule has 3 aromatic rings. The lowest BCUT2D eigenvalue weighted by Crippen LogP contribution is -2.53. The average Bonchev–Trinajstić information content (AvgIpc) is 3.48. The Bertz CT molecular complexity index is 1080. The Morgan fingerprint density at radius 3 is 2.93 bits per heavy atom. The van der Waals surface area contributed by atoms with E-state index < -0.39 is 0 Å². The van der Waals surface area contributed by atoms with Crippen LogP contribution in [0.1, 0.15) is 33.9 Å².